The number of carbonyl (C=O) groups excluding carboxylic acids is 2. The second kappa shape index (κ2) is 3.01. The first-order chi connectivity index (χ1) is 3.63. The third kappa shape index (κ3) is 4.94. The summed E-state index contributed by atoms with van der Waals surface area (Å²) in [4.78, 5) is 19.9. The van der Waals surface area contributed by atoms with Gasteiger partial charge in [0.2, 0.25) is 11.8 Å². The minimum absolute atomic E-state index is 0.0741. The molecule has 0 atom stereocenters. The van der Waals surface area contributed by atoms with Crippen molar-refractivity contribution in [2.24, 2.45) is 5.73 Å². The molecule has 4 nitrogen and oxygen atoms in total. The molecular formula is C4H8N2O2. The fourth-order valence-electron chi connectivity index (χ4n) is 0.212. The van der Waals surface area contributed by atoms with Gasteiger partial charge in [-0.25, -0.2) is 0 Å². The van der Waals surface area contributed by atoms with Crippen molar-refractivity contribution in [3.8, 4) is 0 Å². The van der Waals surface area contributed by atoms with Crippen LogP contribution in [0.5, 0.6) is 0 Å². The fourth-order valence-corrected chi connectivity index (χ4v) is 0.212. The van der Waals surface area contributed by atoms with Gasteiger partial charge in [-0.05, 0) is 0 Å². The van der Waals surface area contributed by atoms with Crippen LogP contribution < -0.4 is 11.1 Å². The number of nitrogens with one attached hydrogen (secondary N) is 1. The fraction of sp³-hybridized carbons (Fsp3) is 0.500. The summed E-state index contributed by atoms with van der Waals surface area (Å²) in [6, 6.07) is 0. The molecule has 0 rings (SSSR count). The summed E-state index contributed by atoms with van der Waals surface area (Å²) in [6.07, 6.45) is 0. The smallest absolute Gasteiger partial charge is 0.236 e. The van der Waals surface area contributed by atoms with Crippen LogP contribution in [0, 0.1) is 0 Å². The first kappa shape index (κ1) is 6.94. The average Bonchev–Trinajstić information content (AvgIpc) is 1.61. The van der Waals surface area contributed by atoms with Gasteiger partial charge in [0, 0.05) is 6.92 Å². The van der Waals surface area contributed by atoms with Crippen LogP contribution in [-0.4, -0.2) is 18.4 Å². The van der Waals surface area contributed by atoms with Crippen LogP contribution in [0.2, 0.25) is 0 Å². The molecule has 0 aliphatic carbocycles. The molecule has 0 aromatic rings. The van der Waals surface area contributed by atoms with Gasteiger partial charge in [0.25, 0.3) is 0 Å². The molecule has 0 fully saturated rings. The predicted molar refractivity (Wildman–Crippen MR) is 27.9 cm³/mol. The van der Waals surface area contributed by atoms with Crippen molar-refractivity contribution in [2.45, 2.75) is 6.92 Å². The van der Waals surface area contributed by atoms with Gasteiger partial charge in [0.1, 0.15) is 0 Å². The van der Waals surface area contributed by atoms with E-state index in [-0.39, 0.29) is 12.5 Å². The molecule has 4 heteroatoms. The van der Waals surface area contributed by atoms with Crippen LogP contribution in [-0.2, 0) is 9.59 Å². The zero-order valence-electron chi connectivity index (χ0n) is 4.60. The monoisotopic (exact) mass is 116 g/mol. The summed E-state index contributed by atoms with van der Waals surface area (Å²) in [5.74, 6) is -0.774. The minimum atomic E-state index is -0.528. The number of nitrogens with two attached hydrogens (primary N) is 1. The second-order valence-electron chi connectivity index (χ2n) is 1.38. The molecule has 0 aliphatic heterocycles. The molecule has 46 valence electrons. The van der Waals surface area contributed by atoms with E-state index in [0.29, 0.717) is 0 Å². The molecule has 0 heterocycles. The number of hydrogen-bond acceptors (Lipinski definition) is 2. The van der Waals surface area contributed by atoms with Crippen molar-refractivity contribution in [1.82, 2.24) is 5.32 Å². The van der Waals surface area contributed by atoms with Gasteiger partial charge in [0.15, 0.2) is 0 Å². The zero-order valence-corrected chi connectivity index (χ0v) is 4.60. The number of rotatable bonds is 2. The van der Waals surface area contributed by atoms with E-state index in [4.69, 9.17) is 0 Å². The Morgan fingerprint density at radius 3 is 2.25 bits per heavy atom. The highest BCUT2D eigenvalue weighted by Gasteiger charge is 1.92. The first-order valence-corrected chi connectivity index (χ1v) is 2.15. The van der Waals surface area contributed by atoms with Gasteiger partial charge in [0.05, 0.1) is 6.54 Å². The maximum atomic E-state index is 10.0. The quantitative estimate of drug-likeness (QED) is 0.466. The molecule has 2 amide bonds. The Labute approximate surface area is 47.0 Å². The highest BCUT2D eigenvalue weighted by atomic mass is 16.2. The third-order valence-electron chi connectivity index (χ3n) is 0.512. The lowest BCUT2D eigenvalue weighted by atomic mass is 10.6. The van der Waals surface area contributed by atoms with Gasteiger partial charge in [-0.15, -0.1) is 0 Å². The molecule has 0 saturated carbocycles. The Hall–Kier alpha value is -1.06. The van der Waals surface area contributed by atoms with E-state index in [1.807, 2.05) is 0 Å². The Kier molecular flexibility index (Phi) is 2.61. The van der Waals surface area contributed by atoms with Gasteiger partial charge in [-0.2, -0.15) is 0 Å². The normalized spacial score (nSPS) is 8.12. The van der Waals surface area contributed by atoms with Gasteiger partial charge >= 0.3 is 0 Å². The molecule has 0 aromatic heterocycles. The van der Waals surface area contributed by atoms with Crippen molar-refractivity contribution >= 4 is 11.8 Å². The molecule has 0 saturated heterocycles. The van der Waals surface area contributed by atoms with Crippen LogP contribution in [0.3, 0.4) is 0 Å². The van der Waals surface area contributed by atoms with E-state index in [9.17, 15) is 9.59 Å². The zero-order chi connectivity index (χ0) is 6.57. The largest absolute Gasteiger partial charge is 0.368 e. The summed E-state index contributed by atoms with van der Waals surface area (Å²) in [5.41, 5.74) is 4.69. The number of primary amides is 1. The Balaban J connectivity index is 3.18. The lowest BCUT2D eigenvalue weighted by molar-refractivity contribution is -0.123. The van der Waals surface area contributed by atoms with E-state index < -0.39 is 5.91 Å². The van der Waals surface area contributed by atoms with Crippen molar-refractivity contribution in [3.63, 3.8) is 0 Å². The van der Waals surface area contributed by atoms with E-state index in [1.54, 1.807) is 0 Å². The minimum Gasteiger partial charge on any atom is -0.368 e. The van der Waals surface area contributed by atoms with E-state index in [2.05, 4.69) is 11.1 Å². The predicted octanol–water partition coefficient (Wildman–Crippen LogP) is -1.39. The molecule has 0 spiro atoms. The lowest BCUT2D eigenvalue weighted by Crippen LogP contribution is -2.31. The van der Waals surface area contributed by atoms with Gasteiger partial charge in [-0.3, -0.25) is 9.59 Å². The molecule has 0 aliphatic rings. The SMILES string of the molecule is CC(=O)NCC(N)=O. The third-order valence-corrected chi connectivity index (χ3v) is 0.512. The number of amides is 2. The average molecular weight is 116 g/mol. The molecular weight excluding hydrogens is 108 g/mol. The topological polar surface area (TPSA) is 72.2 Å². The van der Waals surface area contributed by atoms with Crippen LogP contribution in [0.25, 0.3) is 0 Å². The molecule has 8 heavy (non-hydrogen) atoms. The summed E-state index contributed by atoms with van der Waals surface area (Å²) >= 11 is 0. The summed E-state index contributed by atoms with van der Waals surface area (Å²) in [5, 5.41) is 2.23. The van der Waals surface area contributed by atoms with Gasteiger partial charge in [-0.1, -0.05) is 0 Å². The Morgan fingerprint density at radius 2 is 2.12 bits per heavy atom. The number of carbonyl (C=O) groups is 2. The van der Waals surface area contributed by atoms with Gasteiger partial charge < -0.3 is 11.1 Å². The molecule has 0 aromatic carbocycles. The lowest BCUT2D eigenvalue weighted by Gasteiger charge is -1.93. The Bertz CT molecular complexity index is 96.6. The molecule has 0 radical (unpaired) electrons. The molecule has 3 N–H and O–H groups in total. The van der Waals surface area contributed by atoms with E-state index >= 15 is 0 Å². The molecule has 0 bridgehead atoms. The van der Waals surface area contributed by atoms with E-state index in [1.165, 1.54) is 6.92 Å². The molecule has 0 unspecified atom stereocenters. The van der Waals surface area contributed by atoms with Crippen LogP contribution in [0.15, 0.2) is 0 Å². The van der Waals surface area contributed by atoms with Crippen molar-refractivity contribution < 1.29 is 9.59 Å². The van der Waals surface area contributed by atoms with Crippen molar-refractivity contribution in [2.75, 3.05) is 6.54 Å². The standard InChI is InChI=1S/C4H8N2O2/c1-3(7)6-2-4(5)8/h2H2,1H3,(H2,5,8)(H,6,7). The van der Waals surface area contributed by atoms with Crippen LogP contribution in [0.1, 0.15) is 6.92 Å². The maximum Gasteiger partial charge on any atom is 0.236 e. The number of hydrogen-bond donors (Lipinski definition) is 2. The highest BCUT2D eigenvalue weighted by molar-refractivity contribution is 5.82. The Morgan fingerprint density at radius 1 is 1.62 bits per heavy atom. The summed E-state index contributed by atoms with van der Waals surface area (Å²) < 4.78 is 0. The first-order valence-electron chi connectivity index (χ1n) is 2.15. The summed E-state index contributed by atoms with van der Waals surface area (Å²) in [7, 11) is 0. The second-order valence-corrected chi connectivity index (χ2v) is 1.38. The van der Waals surface area contributed by atoms with Crippen LogP contribution in [0.4, 0.5) is 0 Å². The van der Waals surface area contributed by atoms with Crippen molar-refractivity contribution in [3.05, 3.63) is 0 Å². The summed E-state index contributed by atoms with van der Waals surface area (Å²) in [6.45, 7) is 1.25. The van der Waals surface area contributed by atoms with Crippen molar-refractivity contribution in [1.29, 1.82) is 0 Å². The highest BCUT2D eigenvalue weighted by Crippen LogP contribution is 1.57. The van der Waals surface area contributed by atoms with Crippen LogP contribution >= 0.6 is 0 Å². The maximum absolute atomic E-state index is 10.0. The van der Waals surface area contributed by atoms with E-state index in [0.717, 1.165) is 0 Å².